The van der Waals surface area contributed by atoms with Crippen LogP contribution in [0.5, 0.6) is 0 Å². The molecule has 0 spiro atoms. The Balaban J connectivity index is 2.23. The molecule has 0 aliphatic rings. The number of pyridine rings is 1. The summed E-state index contributed by atoms with van der Waals surface area (Å²) in [5.74, 6) is -0.259. The zero-order valence-electron chi connectivity index (χ0n) is 10.8. The van der Waals surface area contributed by atoms with E-state index in [-0.39, 0.29) is 0 Å². The van der Waals surface area contributed by atoms with Crippen molar-refractivity contribution in [2.24, 2.45) is 0 Å². The van der Waals surface area contributed by atoms with Crippen molar-refractivity contribution in [1.82, 2.24) is 9.97 Å². The van der Waals surface area contributed by atoms with Crippen LogP contribution in [0.25, 0.3) is 0 Å². The highest BCUT2D eigenvalue weighted by Gasteiger charge is 2.16. The van der Waals surface area contributed by atoms with Gasteiger partial charge < -0.3 is 10.4 Å². The fourth-order valence-corrected chi connectivity index (χ4v) is 2.49. The summed E-state index contributed by atoms with van der Waals surface area (Å²) >= 11 is 1.14. The number of carboxylic acid groups (broad SMARTS) is 1. The first-order chi connectivity index (χ1) is 9.10. The summed E-state index contributed by atoms with van der Waals surface area (Å²) in [5, 5.41) is 12.7. The van der Waals surface area contributed by atoms with Crippen molar-refractivity contribution in [3.63, 3.8) is 0 Å². The van der Waals surface area contributed by atoms with E-state index in [1.54, 1.807) is 6.20 Å². The Labute approximate surface area is 115 Å². The van der Waals surface area contributed by atoms with Gasteiger partial charge >= 0.3 is 5.97 Å². The molecule has 0 aliphatic heterocycles. The summed E-state index contributed by atoms with van der Waals surface area (Å²) in [6, 6.07) is 3.78. The SMILES string of the molecule is CCCc1nc(Nc2ccc(C)cn2)sc1C(=O)O. The van der Waals surface area contributed by atoms with Gasteiger partial charge in [-0.1, -0.05) is 30.7 Å². The van der Waals surface area contributed by atoms with Gasteiger partial charge in [0.1, 0.15) is 10.7 Å². The lowest BCUT2D eigenvalue weighted by atomic mass is 10.2. The van der Waals surface area contributed by atoms with E-state index >= 15 is 0 Å². The normalized spacial score (nSPS) is 10.4. The molecule has 0 aliphatic carbocycles. The molecule has 2 N–H and O–H groups in total. The number of aromatic nitrogens is 2. The van der Waals surface area contributed by atoms with Gasteiger partial charge in [-0.25, -0.2) is 14.8 Å². The number of nitrogens with zero attached hydrogens (tertiary/aromatic N) is 2. The monoisotopic (exact) mass is 277 g/mol. The number of aromatic carboxylic acids is 1. The highest BCUT2D eigenvalue weighted by molar-refractivity contribution is 7.17. The van der Waals surface area contributed by atoms with E-state index in [1.165, 1.54) is 0 Å². The lowest BCUT2D eigenvalue weighted by Gasteiger charge is -2.00. The fraction of sp³-hybridized carbons (Fsp3) is 0.308. The van der Waals surface area contributed by atoms with Crippen LogP contribution in [-0.2, 0) is 6.42 Å². The third kappa shape index (κ3) is 3.29. The van der Waals surface area contributed by atoms with Crippen molar-refractivity contribution in [1.29, 1.82) is 0 Å². The van der Waals surface area contributed by atoms with Crippen LogP contribution < -0.4 is 5.32 Å². The summed E-state index contributed by atoms with van der Waals surface area (Å²) in [6.45, 7) is 3.96. The summed E-state index contributed by atoms with van der Waals surface area (Å²) in [7, 11) is 0. The molecule has 5 nitrogen and oxygen atoms in total. The van der Waals surface area contributed by atoms with Gasteiger partial charge in [0.05, 0.1) is 5.69 Å². The molecule has 0 fully saturated rings. The molecule has 0 atom stereocenters. The van der Waals surface area contributed by atoms with Crippen LogP contribution in [0.3, 0.4) is 0 Å². The first-order valence-electron chi connectivity index (χ1n) is 6.03. The van der Waals surface area contributed by atoms with Crippen LogP contribution in [0.15, 0.2) is 18.3 Å². The van der Waals surface area contributed by atoms with Crippen molar-refractivity contribution in [3.8, 4) is 0 Å². The molecular formula is C13H15N3O2S. The summed E-state index contributed by atoms with van der Waals surface area (Å²) in [5.41, 5.74) is 1.71. The number of rotatable bonds is 5. The maximum absolute atomic E-state index is 11.1. The number of anilines is 2. The molecule has 2 aromatic rings. The Morgan fingerprint density at radius 3 is 2.84 bits per heavy atom. The molecule has 0 radical (unpaired) electrons. The first-order valence-corrected chi connectivity index (χ1v) is 6.84. The van der Waals surface area contributed by atoms with Gasteiger partial charge in [-0.2, -0.15) is 0 Å². The van der Waals surface area contributed by atoms with Crippen molar-refractivity contribution in [3.05, 3.63) is 34.5 Å². The lowest BCUT2D eigenvalue weighted by Crippen LogP contribution is -1.98. The van der Waals surface area contributed by atoms with Gasteiger partial charge in [0.25, 0.3) is 0 Å². The van der Waals surface area contributed by atoms with Gasteiger partial charge in [-0.15, -0.1) is 0 Å². The van der Waals surface area contributed by atoms with Crippen LogP contribution in [-0.4, -0.2) is 21.0 Å². The van der Waals surface area contributed by atoms with Gasteiger partial charge in [-0.05, 0) is 25.0 Å². The van der Waals surface area contributed by atoms with E-state index in [2.05, 4.69) is 15.3 Å². The average Bonchev–Trinajstić information content (AvgIpc) is 2.76. The maximum Gasteiger partial charge on any atom is 0.347 e. The Hall–Kier alpha value is -1.95. The molecule has 0 saturated carbocycles. The lowest BCUT2D eigenvalue weighted by molar-refractivity contribution is 0.0700. The Morgan fingerprint density at radius 1 is 1.47 bits per heavy atom. The molecule has 100 valence electrons. The zero-order chi connectivity index (χ0) is 13.8. The zero-order valence-corrected chi connectivity index (χ0v) is 11.6. The van der Waals surface area contributed by atoms with E-state index in [4.69, 9.17) is 5.11 Å². The quantitative estimate of drug-likeness (QED) is 0.877. The molecule has 2 aromatic heterocycles. The predicted octanol–water partition coefficient (Wildman–Crippen LogP) is 3.24. The molecule has 19 heavy (non-hydrogen) atoms. The third-order valence-electron chi connectivity index (χ3n) is 2.52. The van der Waals surface area contributed by atoms with Gasteiger partial charge in [0, 0.05) is 6.20 Å². The van der Waals surface area contributed by atoms with E-state index in [1.807, 2.05) is 26.0 Å². The molecule has 6 heteroatoms. The second-order valence-corrected chi connectivity index (χ2v) is 5.19. The van der Waals surface area contributed by atoms with E-state index in [0.29, 0.717) is 27.9 Å². The number of aryl methyl sites for hydroxylation is 2. The maximum atomic E-state index is 11.1. The van der Waals surface area contributed by atoms with Crippen molar-refractivity contribution >= 4 is 28.3 Å². The summed E-state index contributed by atoms with van der Waals surface area (Å²) in [4.78, 5) is 20.0. The number of hydrogen-bond acceptors (Lipinski definition) is 5. The predicted molar refractivity (Wildman–Crippen MR) is 75.3 cm³/mol. The van der Waals surface area contributed by atoms with Crippen LogP contribution in [0.2, 0.25) is 0 Å². The summed E-state index contributed by atoms with van der Waals surface area (Å²) in [6.07, 6.45) is 3.29. The molecule has 0 unspecified atom stereocenters. The topological polar surface area (TPSA) is 75.1 Å². The number of thiazole rings is 1. The molecule has 0 aromatic carbocycles. The van der Waals surface area contributed by atoms with Crippen LogP contribution in [0.4, 0.5) is 10.9 Å². The largest absolute Gasteiger partial charge is 0.477 e. The van der Waals surface area contributed by atoms with E-state index in [0.717, 1.165) is 23.3 Å². The number of carboxylic acids is 1. The van der Waals surface area contributed by atoms with Crippen LogP contribution >= 0.6 is 11.3 Å². The third-order valence-corrected chi connectivity index (χ3v) is 3.53. The fourth-order valence-electron chi connectivity index (χ4n) is 1.63. The number of carbonyl (C=O) groups is 1. The van der Waals surface area contributed by atoms with Crippen LogP contribution in [0, 0.1) is 6.92 Å². The van der Waals surface area contributed by atoms with Crippen molar-refractivity contribution < 1.29 is 9.90 Å². The van der Waals surface area contributed by atoms with Gasteiger partial charge in [0.2, 0.25) is 0 Å². The second-order valence-electron chi connectivity index (χ2n) is 4.20. The Morgan fingerprint density at radius 2 is 2.26 bits per heavy atom. The minimum Gasteiger partial charge on any atom is -0.477 e. The van der Waals surface area contributed by atoms with E-state index in [9.17, 15) is 4.79 Å². The molecular weight excluding hydrogens is 262 g/mol. The van der Waals surface area contributed by atoms with Gasteiger partial charge in [0.15, 0.2) is 5.13 Å². The standard InChI is InChI=1S/C13H15N3O2S/c1-3-4-9-11(12(17)18)19-13(15-9)16-10-6-5-8(2)7-14-10/h5-7H,3-4H2,1-2H3,(H,17,18)(H,14,15,16). The minimum absolute atomic E-state index is 0.302. The highest BCUT2D eigenvalue weighted by Crippen LogP contribution is 2.26. The number of nitrogens with one attached hydrogen (secondary N) is 1. The Bertz CT molecular complexity index is 578. The average molecular weight is 277 g/mol. The second kappa shape index (κ2) is 5.79. The smallest absolute Gasteiger partial charge is 0.347 e. The molecule has 0 saturated heterocycles. The molecule has 0 bridgehead atoms. The molecule has 2 heterocycles. The van der Waals surface area contributed by atoms with Crippen molar-refractivity contribution in [2.75, 3.05) is 5.32 Å². The Kier molecular flexibility index (Phi) is 4.11. The molecule has 0 amide bonds. The number of hydrogen-bond donors (Lipinski definition) is 2. The van der Waals surface area contributed by atoms with Crippen LogP contribution in [0.1, 0.15) is 34.3 Å². The minimum atomic E-state index is -0.925. The van der Waals surface area contributed by atoms with Crippen molar-refractivity contribution in [2.45, 2.75) is 26.7 Å². The van der Waals surface area contributed by atoms with E-state index < -0.39 is 5.97 Å². The van der Waals surface area contributed by atoms with Gasteiger partial charge in [-0.3, -0.25) is 0 Å². The summed E-state index contributed by atoms with van der Waals surface area (Å²) < 4.78 is 0. The first kappa shape index (κ1) is 13.5. The highest BCUT2D eigenvalue weighted by atomic mass is 32.1. The molecule has 2 rings (SSSR count).